The molecule has 1 heterocycles. The van der Waals surface area contributed by atoms with E-state index in [0.29, 0.717) is 18.9 Å². The monoisotopic (exact) mass is 302 g/mol. The van der Waals surface area contributed by atoms with Gasteiger partial charge in [-0.25, -0.2) is 0 Å². The molecule has 2 rings (SSSR count). The third kappa shape index (κ3) is 4.86. The van der Waals surface area contributed by atoms with Gasteiger partial charge in [0.2, 0.25) is 11.8 Å². The summed E-state index contributed by atoms with van der Waals surface area (Å²) in [5, 5.41) is 0. The van der Waals surface area contributed by atoms with Crippen LogP contribution >= 0.6 is 0 Å². The quantitative estimate of drug-likeness (QED) is 0.877. The van der Waals surface area contributed by atoms with Crippen LogP contribution in [0.4, 0.5) is 0 Å². The lowest BCUT2D eigenvalue weighted by Crippen LogP contribution is -2.44. The summed E-state index contributed by atoms with van der Waals surface area (Å²) in [6.07, 6.45) is 4.24. The molecule has 0 aromatic heterocycles. The van der Waals surface area contributed by atoms with Crippen LogP contribution in [0.2, 0.25) is 0 Å². The van der Waals surface area contributed by atoms with E-state index in [0.717, 1.165) is 32.2 Å². The van der Waals surface area contributed by atoms with E-state index in [1.165, 1.54) is 5.56 Å². The minimum atomic E-state index is -0.283. The molecule has 0 unspecified atom stereocenters. The van der Waals surface area contributed by atoms with Crippen molar-refractivity contribution in [1.29, 1.82) is 0 Å². The number of piperidine rings is 1. The Morgan fingerprint density at radius 2 is 2.05 bits per heavy atom. The third-order valence-corrected chi connectivity index (χ3v) is 4.47. The topological polar surface area (TPSA) is 63.4 Å². The molecule has 1 aromatic rings. The minimum absolute atomic E-state index is 0.159. The number of carbonyl (C=O) groups is 2. The van der Waals surface area contributed by atoms with Crippen LogP contribution in [0.1, 0.15) is 38.2 Å². The second kappa shape index (κ2) is 7.97. The van der Waals surface area contributed by atoms with Crippen molar-refractivity contribution < 1.29 is 9.59 Å². The normalized spacial score (nSPS) is 19.7. The number of hydrogen-bond acceptors (Lipinski definition) is 2. The Bertz CT molecular complexity index is 501. The maximum atomic E-state index is 12.4. The summed E-state index contributed by atoms with van der Waals surface area (Å²) in [6, 6.07) is 10.3. The molecule has 0 bridgehead atoms. The highest BCUT2D eigenvalue weighted by Gasteiger charge is 2.27. The summed E-state index contributed by atoms with van der Waals surface area (Å²) < 4.78 is 0. The molecule has 0 aliphatic carbocycles. The number of nitrogens with zero attached hydrogens (tertiary/aromatic N) is 1. The molecule has 0 spiro atoms. The molecular formula is C18H26N2O2. The molecule has 1 fully saturated rings. The number of amides is 2. The first-order chi connectivity index (χ1) is 10.6. The fourth-order valence-electron chi connectivity index (χ4n) is 3.02. The van der Waals surface area contributed by atoms with Crippen LogP contribution in [-0.2, 0) is 16.0 Å². The number of primary amides is 1. The predicted octanol–water partition coefficient (Wildman–Crippen LogP) is 2.37. The Morgan fingerprint density at radius 3 is 2.73 bits per heavy atom. The molecular weight excluding hydrogens is 276 g/mol. The maximum Gasteiger partial charge on any atom is 0.222 e. The van der Waals surface area contributed by atoms with Crippen molar-refractivity contribution in [3.63, 3.8) is 0 Å². The van der Waals surface area contributed by atoms with Gasteiger partial charge in [-0.1, -0.05) is 37.3 Å². The van der Waals surface area contributed by atoms with Crippen LogP contribution in [-0.4, -0.2) is 29.8 Å². The van der Waals surface area contributed by atoms with E-state index < -0.39 is 0 Å². The van der Waals surface area contributed by atoms with Crippen molar-refractivity contribution in [3.05, 3.63) is 35.9 Å². The molecule has 2 atom stereocenters. The lowest BCUT2D eigenvalue weighted by Gasteiger charge is -2.32. The Morgan fingerprint density at radius 1 is 1.32 bits per heavy atom. The SMILES string of the molecule is C[C@H](CCc1ccccc1)CC(=O)N1CCC[C@H](C(N)=O)C1. The van der Waals surface area contributed by atoms with Crippen molar-refractivity contribution in [1.82, 2.24) is 4.90 Å². The van der Waals surface area contributed by atoms with Crippen molar-refractivity contribution >= 4 is 11.8 Å². The molecule has 2 amide bonds. The zero-order valence-electron chi connectivity index (χ0n) is 13.3. The van der Waals surface area contributed by atoms with Crippen molar-refractivity contribution in [3.8, 4) is 0 Å². The number of aryl methyl sites for hydroxylation is 1. The number of hydrogen-bond donors (Lipinski definition) is 1. The van der Waals surface area contributed by atoms with Gasteiger partial charge in [0.1, 0.15) is 0 Å². The first-order valence-corrected chi connectivity index (χ1v) is 8.17. The summed E-state index contributed by atoms with van der Waals surface area (Å²) in [4.78, 5) is 25.5. The zero-order chi connectivity index (χ0) is 15.9. The molecule has 1 aliphatic heterocycles. The Balaban J connectivity index is 1.77. The van der Waals surface area contributed by atoms with Crippen molar-refractivity contribution in [2.45, 2.75) is 39.0 Å². The Hall–Kier alpha value is -1.84. The minimum Gasteiger partial charge on any atom is -0.369 e. The Kier molecular flexibility index (Phi) is 5.99. The van der Waals surface area contributed by atoms with Gasteiger partial charge in [0, 0.05) is 19.5 Å². The van der Waals surface area contributed by atoms with Gasteiger partial charge >= 0.3 is 0 Å². The molecule has 1 saturated heterocycles. The van der Waals surface area contributed by atoms with E-state index in [2.05, 4.69) is 19.1 Å². The fourth-order valence-corrected chi connectivity index (χ4v) is 3.02. The third-order valence-electron chi connectivity index (χ3n) is 4.47. The number of rotatable bonds is 6. The average molecular weight is 302 g/mol. The first kappa shape index (κ1) is 16.5. The van der Waals surface area contributed by atoms with Gasteiger partial charge in [0.25, 0.3) is 0 Å². The van der Waals surface area contributed by atoms with Gasteiger partial charge in [-0.3, -0.25) is 9.59 Å². The maximum absolute atomic E-state index is 12.4. The lowest BCUT2D eigenvalue weighted by atomic mass is 9.94. The molecule has 0 saturated carbocycles. The second-order valence-electron chi connectivity index (χ2n) is 6.41. The number of likely N-dealkylation sites (tertiary alicyclic amines) is 1. The first-order valence-electron chi connectivity index (χ1n) is 8.17. The van der Waals surface area contributed by atoms with Gasteiger partial charge in [-0.15, -0.1) is 0 Å². The van der Waals surface area contributed by atoms with Crippen LogP contribution in [0.5, 0.6) is 0 Å². The van der Waals surface area contributed by atoms with Gasteiger partial charge in [-0.05, 0) is 37.2 Å². The second-order valence-corrected chi connectivity index (χ2v) is 6.41. The van der Waals surface area contributed by atoms with Crippen LogP contribution in [0.3, 0.4) is 0 Å². The highest BCUT2D eigenvalue weighted by Crippen LogP contribution is 2.19. The van der Waals surface area contributed by atoms with Gasteiger partial charge < -0.3 is 10.6 Å². The molecule has 1 aromatic carbocycles. The van der Waals surface area contributed by atoms with Crippen molar-refractivity contribution in [2.24, 2.45) is 17.6 Å². The predicted molar refractivity (Wildman–Crippen MR) is 87.0 cm³/mol. The van der Waals surface area contributed by atoms with Crippen LogP contribution < -0.4 is 5.73 Å². The van der Waals surface area contributed by atoms with E-state index in [4.69, 9.17) is 5.73 Å². The van der Waals surface area contributed by atoms with E-state index in [9.17, 15) is 9.59 Å². The van der Waals surface area contributed by atoms with E-state index in [1.807, 2.05) is 23.1 Å². The smallest absolute Gasteiger partial charge is 0.222 e. The van der Waals surface area contributed by atoms with E-state index >= 15 is 0 Å². The summed E-state index contributed by atoms with van der Waals surface area (Å²) in [5.74, 6) is 0.0557. The molecule has 1 aliphatic rings. The Labute approximate surface area is 132 Å². The summed E-state index contributed by atoms with van der Waals surface area (Å²) >= 11 is 0. The van der Waals surface area contributed by atoms with Crippen LogP contribution in [0.25, 0.3) is 0 Å². The molecule has 4 nitrogen and oxygen atoms in total. The van der Waals surface area contributed by atoms with E-state index in [-0.39, 0.29) is 17.7 Å². The summed E-state index contributed by atoms with van der Waals surface area (Å²) in [5.41, 5.74) is 6.68. The summed E-state index contributed by atoms with van der Waals surface area (Å²) in [6.45, 7) is 3.38. The molecule has 0 radical (unpaired) electrons. The fraction of sp³-hybridized carbons (Fsp3) is 0.556. The highest BCUT2D eigenvalue weighted by molar-refractivity contribution is 5.80. The van der Waals surface area contributed by atoms with Crippen LogP contribution in [0.15, 0.2) is 30.3 Å². The largest absolute Gasteiger partial charge is 0.369 e. The summed E-state index contributed by atoms with van der Waals surface area (Å²) in [7, 11) is 0. The van der Waals surface area contributed by atoms with Crippen LogP contribution in [0, 0.1) is 11.8 Å². The van der Waals surface area contributed by atoms with E-state index in [1.54, 1.807) is 0 Å². The van der Waals surface area contributed by atoms with Gasteiger partial charge in [-0.2, -0.15) is 0 Å². The van der Waals surface area contributed by atoms with Gasteiger partial charge in [0.15, 0.2) is 0 Å². The average Bonchev–Trinajstić information content (AvgIpc) is 2.54. The highest BCUT2D eigenvalue weighted by atomic mass is 16.2. The molecule has 22 heavy (non-hydrogen) atoms. The number of benzene rings is 1. The number of carbonyl (C=O) groups excluding carboxylic acids is 2. The standard InChI is InChI=1S/C18H26N2O2/c1-14(9-10-15-6-3-2-4-7-15)12-17(21)20-11-5-8-16(13-20)18(19)22/h2-4,6-7,14,16H,5,8-13H2,1H3,(H2,19,22)/t14-,16+/m1/s1. The zero-order valence-corrected chi connectivity index (χ0v) is 13.3. The van der Waals surface area contributed by atoms with Gasteiger partial charge in [0.05, 0.1) is 5.92 Å². The molecule has 4 heteroatoms. The molecule has 120 valence electrons. The number of nitrogens with two attached hydrogens (primary N) is 1. The lowest BCUT2D eigenvalue weighted by molar-refractivity contribution is -0.135. The van der Waals surface area contributed by atoms with Crippen molar-refractivity contribution in [2.75, 3.05) is 13.1 Å². The molecule has 2 N–H and O–H groups in total.